The minimum absolute atomic E-state index is 0.434. The Morgan fingerprint density at radius 1 is 1.07 bits per heavy atom. The molecule has 86 valence electrons. The normalized spacial score (nSPS) is 13.5. The molecule has 0 rings (SSSR count). The second kappa shape index (κ2) is 9.47. The lowest BCUT2D eigenvalue weighted by atomic mass is 10.2. The fourth-order valence-corrected chi connectivity index (χ4v) is 1.20. The summed E-state index contributed by atoms with van der Waals surface area (Å²) in [6.07, 6.45) is 5.29. The average molecular weight is 201 g/mol. The Balaban J connectivity index is 2.99. The molecule has 0 amide bonds. The SMILES string of the molecule is CCC(C)OCCCCCNC(C)C. The summed E-state index contributed by atoms with van der Waals surface area (Å²) in [5.74, 6) is 0. The number of ether oxygens (including phenoxy) is 1. The predicted octanol–water partition coefficient (Wildman–Crippen LogP) is 2.97. The average Bonchev–Trinajstić information content (AvgIpc) is 2.15. The van der Waals surface area contributed by atoms with Crippen molar-refractivity contribution in [2.24, 2.45) is 0 Å². The van der Waals surface area contributed by atoms with E-state index in [1.807, 2.05) is 0 Å². The summed E-state index contributed by atoms with van der Waals surface area (Å²) in [7, 11) is 0. The summed E-state index contributed by atoms with van der Waals surface area (Å²) in [5.41, 5.74) is 0. The molecule has 0 aromatic carbocycles. The van der Waals surface area contributed by atoms with Gasteiger partial charge >= 0.3 is 0 Å². The van der Waals surface area contributed by atoms with Crippen LogP contribution in [0.25, 0.3) is 0 Å². The van der Waals surface area contributed by atoms with Crippen molar-refractivity contribution in [2.75, 3.05) is 13.2 Å². The number of hydrogen-bond acceptors (Lipinski definition) is 2. The smallest absolute Gasteiger partial charge is 0.0544 e. The third-order valence-corrected chi connectivity index (χ3v) is 2.35. The van der Waals surface area contributed by atoms with E-state index in [9.17, 15) is 0 Å². The van der Waals surface area contributed by atoms with Crippen LogP contribution in [-0.2, 0) is 4.74 Å². The Kier molecular flexibility index (Phi) is 9.42. The molecule has 0 aliphatic carbocycles. The first-order valence-electron chi connectivity index (χ1n) is 6.01. The summed E-state index contributed by atoms with van der Waals surface area (Å²) >= 11 is 0. The predicted molar refractivity (Wildman–Crippen MR) is 62.7 cm³/mol. The molecule has 0 aliphatic heterocycles. The number of nitrogens with one attached hydrogen (secondary N) is 1. The zero-order chi connectivity index (χ0) is 10.8. The molecule has 0 radical (unpaired) electrons. The van der Waals surface area contributed by atoms with Crippen molar-refractivity contribution < 1.29 is 4.74 Å². The lowest BCUT2D eigenvalue weighted by Gasteiger charge is -2.10. The maximum atomic E-state index is 5.60. The molecule has 0 bridgehead atoms. The van der Waals surface area contributed by atoms with Gasteiger partial charge in [0, 0.05) is 12.6 Å². The van der Waals surface area contributed by atoms with E-state index in [1.165, 1.54) is 19.3 Å². The first-order chi connectivity index (χ1) is 6.66. The molecule has 1 unspecified atom stereocenters. The molecule has 0 fully saturated rings. The zero-order valence-electron chi connectivity index (χ0n) is 10.3. The van der Waals surface area contributed by atoms with E-state index in [-0.39, 0.29) is 0 Å². The number of hydrogen-bond donors (Lipinski definition) is 1. The summed E-state index contributed by atoms with van der Waals surface area (Å²) < 4.78 is 5.60. The van der Waals surface area contributed by atoms with Gasteiger partial charge in [-0.05, 0) is 39.2 Å². The van der Waals surface area contributed by atoms with Crippen LogP contribution in [-0.4, -0.2) is 25.3 Å². The molecule has 1 atom stereocenters. The van der Waals surface area contributed by atoms with E-state index in [0.717, 1.165) is 19.6 Å². The van der Waals surface area contributed by atoms with Crippen LogP contribution in [0.5, 0.6) is 0 Å². The third kappa shape index (κ3) is 10.0. The monoisotopic (exact) mass is 201 g/mol. The minimum Gasteiger partial charge on any atom is -0.379 e. The van der Waals surface area contributed by atoms with E-state index < -0.39 is 0 Å². The van der Waals surface area contributed by atoms with Crippen LogP contribution < -0.4 is 5.32 Å². The first-order valence-corrected chi connectivity index (χ1v) is 6.01. The van der Waals surface area contributed by atoms with E-state index in [0.29, 0.717) is 12.1 Å². The highest BCUT2D eigenvalue weighted by Gasteiger charge is 1.97. The molecule has 0 saturated carbocycles. The topological polar surface area (TPSA) is 21.3 Å². The molecule has 2 nitrogen and oxygen atoms in total. The highest BCUT2D eigenvalue weighted by atomic mass is 16.5. The molecule has 14 heavy (non-hydrogen) atoms. The van der Waals surface area contributed by atoms with Gasteiger partial charge in [-0.15, -0.1) is 0 Å². The Bertz CT molecular complexity index is 115. The van der Waals surface area contributed by atoms with Crippen molar-refractivity contribution in [2.45, 2.75) is 65.5 Å². The van der Waals surface area contributed by atoms with Gasteiger partial charge in [-0.3, -0.25) is 0 Å². The second-order valence-corrected chi connectivity index (χ2v) is 4.26. The van der Waals surface area contributed by atoms with Crippen LogP contribution in [0.3, 0.4) is 0 Å². The fourth-order valence-electron chi connectivity index (χ4n) is 1.20. The molecule has 0 heterocycles. The summed E-state index contributed by atoms with van der Waals surface area (Å²) in [6, 6.07) is 0.617. The van der Waals surface area contributed by atoms with Crippen molar-refractivity contribution in [1.29, 1.82) is 0 Å². The fraction of sp³-hybridized carbons (Fsp3) is 1.00. The number of rotatable bonds is 9. The Labute approximate surface area is 89.4 Å². The summed E-state index contributed by atoms with van der Waals surface area (Å²) in [5, 5.41) is 3.42. The van der Waals surface area contributed by atoms with Crippen LogP contribution in [0, 0.1) is 0 Å². The highest BCUT2D eigenvalue weighted by Crippen LogP contribution is 2.00. The van der Waals surface area contributed by atoms with Gasteiger partial charge in [0.2, 0.25) is 0 Å². The van der Waals surface area contributed by atoms with E-state index >= 15 is 0 Å². The van der Waals surface area contributed by atoms with Crippen molar-refractivity contribution in [3.63, 3.8) is 0 Å². The molecule has 0 spiro atoms. The zero-order valence-corrected chi connectivity index (χ0v) is 10.3. The van der Waals surface area contributed by atoms with Crippen LogP contribution in [0.4, 0.5) is 0 Å². The van der Waals surface area contributed by atoms with Gasteiger partial charge in [0.05, 0.1) is 6.10 Å². The maximum Gasteiger partial charge on any atom is 0.0544 e. The molecule has 0 saturated heterocycles. The molecule has 0 aromatic heterocycles. The van der Waals surface area contributed by atoms with Crippen LogP contribution in [0.1, 0.15) is 53.4 Å². The van der Waals surface area contributed by atoms with Gasteiger partial charge in [0.1, 0.15) is 0 Å². The Morgan fingerprint density at radius 3 is 2.36 bits per heavy atom. The van der Waals surface area contributed by atoms with Crippen LogP contribution in [0.15, 0.2) is 0 Å². The van der Waals surface area contributed by atoms with Gasteiger partial charge in [0.15, 0.2) is 0 Å². The van der Waals surface area contributed by atoms with Crippen molar-refractivity contribution >= 4 is 0 Å². The van der Waals surface area contributed by atoms with Gasteiger partial charge < -0.3 is 10.1 Å². The standard InChI is InChI=1S/C12H27NO/c1-5-12(4)14-10-8-6-7-9-13-11(2)3/h11-13H,5-10H2,1-4H3. The van der Waals surface area contributed by atoms with E-state index in [4.69, 9.17) is 4.74 Å². The molecule has 0 aromatic rings. The molecular formula is C12H27NO. The molecule has 0 aliphatic rings. The highest BCUT2D eigenvalue weighted by molar-refractivity contribution is 4.53. The Hall–Kier alpha value is -0.0800. The molecule has 1 N–H and O–H groups in total. The number of unbranched alkanes of at least 4 members (excludes halogenated alkanes) is 2. The lowest BCUT2D eigenvalue weighted by Crippen LogP contribution is -2.23. The summed E-state index contributed by atoms with van der Waals surface area (Å²) in [4.78, 5) is 0. The van der Waals surface area contributed by atoms with Gasteiger partial charge in [-0.1, -0.05) is 20.8 Å². The van der Waals surface area contributed by atoms with E-state index in [1.54, 1.807) is 0 Å². The van der Waals surface area contributed by atoms with Gasteiger partial charge in [-0.25, -0.2) is 0 Å². The van der Waals surface area contributed by atoms with Gasteiger partial charge in [0.25, 0.3) is 0 Å². The van der Waals surface area contributed by atoms with Crippen LogP contribution in [0.2, 0.25) is 0 Å². The lowest BCUT2D eigenvalue weighted by molar-refractivity contribution is 0.0608. The molecular weight excluding hydrogens is 174 g/mol. The first kappa shape index (κ1) is 13.9. The Morgan fingerprint density at radius 2 is 1.79 bits per heavy atom. The van der Waals surface area contributed by atoms with Crippen molar-refractivity contribution in [3.8, 4) is 0 Å². The summed E-state index contributed by atoms with van der Waals surface area (Å²) in [6.45, 7) is 10.7. The van der Waals surface area contributed by atoms with Crippen LogP contribution >= 0.6 is 0 Å². The maximum absolute atomic E-state index is 5.60. The van der Waals surface area contributed by atoms with Gasteiger partial charge in [-0.2, -0.15) is 0 Å². The van der Waals surface area contributed by atoms with Crippen molar-refractivity contribution in [3.05, 3.63) is 0 Å². The molecule has 2 heteroatoms. The third-order valence-electron chi connectivity index (χ3n) is 2.35. The minimum atomic E-state index is 0.434. The van der Waals surface area contributed by atoms with Crippen molar-refractivity contribution in [1.82, 2.24) is 5.32 Å². The second-order valence-electron chi connectivity index (χ2n) is 4.26. The van der Waals surface area contributed by atoms with E-state index in [2.05, 4.69) is 33.0 Å². The quantitative estimate of drug-likeness (QED) is 0.579. The largest absolute Gasteiger partial charge is 0.379 e.